The van der Waals surface area contributed by atoms with Crippen molar-refractivity contribution in [3.63, 3.8) is 0 Å². The summed E-state index contributed by atoms with van der Waals surface area (Å²) < 4.78 is 35.2. The molecule has 0 aliphatic heterocycles. The van der Waals surface area contributed by atoms with Crippen LogP contribution in [0.2, 0.25) is 0 Å². The normalized spacial score (nSPS) is 11.4. The van der Waals surface area contributed by atoms with E-state index in [-0.39, 0.29) is 4.90 Å². The van der Waals surface area contributed by atoms with Gasteiger partial charge in [0.1, 0.15) is 0 Å². The second kappa shape index (κ2) is 4.25. The van der Waals surface area contributed by atoms with E-state index in [0.717, 1.165) is 17.4 Å². The largest absolute Gasteiger partial charge is 0.228 e. The molecule has 0 unspecified atom stereocenters. The third kappa shape index (κ3) is 2.68. The summed E-state index contributed by atoms with van der Waals surface area (Å²) in [5.41, 5.74) is 1.54. The average Bonchev–Trinajstić information content (AvgIpc) is 2.29. The molecule has 0 saturated heterocycles. The molecule has 5 heteroatoms. The van der Waals surface area contributed by atoms with Crippen LogP contribution in [0, 0.1) is 5.95 Å². The van der Waals surface area contributed by atoms with Crippen LogP contribution in [-0.4, -0.2) is 19.7 Å². The number of hydrogen-bond acceptors (Lipinski definition) is 3. The zero-order chi connectivity index (χ0) is 12.5. The van der Waals surface area contributed by atoms with Gasteiger partial charge in [0.25, 0.3) is 0 Å². The molecular weight excluding hydrogens is 241 g/mol. The molecule has 0 radical (unpaired) electrons. The molecule has 0 bridgehead atoms. The maximum Gasteiger partial charge on any atom is 0.212 e. The Bertz CT molecular complexity index is 619. The van der Waals surface area contributed by atoms with E-state index >= 15 is 0 Å². The van der Waals surface area contributed by atoms with E-state index in [9.17, 15) is 12.8 Å². The van der Waals surface area contributed by atoms with Gasteiger partial charge in [-0.25, -0.2) is 13.4 Å². The Kier molecular flexibility index (Phi) is 2.93. The third-order valence-corrected chi connectivity index (χ3v) is 3.47. The highest BCUT2D eigenvalue weighted by molar-refractivity contribution is 7.90. The van der Waals surface area contributed by atoms with Crippen LogP contribution in [0.25, 0.3) is 11.1 Å². The molecule has 1 aromatic heterocycles. The van der Waals surface area contributed by atoms with Gasteiger partial charge in [0.15, 0.2) is 9.84 Å². The fourth-order valence-electron chi connectivity index (χ4n) is 1.44. The van der Waals surface area contributed by atoms with Crippen molar-refractivity contribution in [2.75, 3.05) is 6.26 Å². The molecule has 1 heterocycles. The Morgan fingerprint density at radius 2 is 1.59 bits per heavy atom. The quantitative estimate of drug-likeness (QED) is 0.769. The summed E-state index contributed by atoms with van der Waals surface area (Å²) in [7, 11) is -3.18. The molecule has 0 aliphatic carbocycles. The van der Waals surface area contributed by atoms with Gasteiger partial charge in [-0.2, -0.15) is 4.39 Å². The van der Waals surface area contributed by atoms with Crippen LogP contribution in [0.4, 0.5) is 4.39 Å². The number of rotatable bonds is 2. The van der Waals surface area contributed by atoms with Crippen molar-refractivity contribution in [2.45, 2.75) is 4.90 Å². The molecule has 17 heavy (non-hydrogen) atoms. The van der Waals surface area contributed by atoms with E-state index in [1.807, 2.05) is 0 Å². The van der Waals surface area contributed by atoms with E-state index in [2.05, 4.69) is 4.98 Å². The van der Waals surface area contributed by atoms with Gasteiger partial charge in [-0.05, 0) is 29.8 Å². The van der Waals surface area contributed by atoms with Crippen LogP contribution in [0.5, 0.6) is 0 Å². The fourth-order valence-corrected chi connectivity index (χ4v) is 2.07. The Morgan fingerprint density at radius 1 is 1.00 bits per heavy atom. The summed E-state index contributed by atoms with van der Waals surface area (Å²) in [4.78, 5) is 3.80. The lowest BCUT2D eigenvalue weighted by atomic mass is 10.1. The van der Waals surface area contributed by atoms with Crippen molar-refractivity contribution >= 4 is 9.84 Å². The van der Waals surface area contributed by atoms with Crippen molar-refractivity contribution in [1.82, 2.24) is 4.98 Å². The van der Waals surface area contributed by atoms with E-state index in [1.165, 1.54) is 24.4 Å². The summed E-state index contributed by atoms with van der Waals surface area (Å²) in [6.07, 6.45) is 2.56. The van der Waals surface area contributed by atoms with E-state index in [4.69, 9.17) is 0 Å². The first kappa shape index (κ1) is 11.7. The first-order chi connectivity index (χ1) is 7.97. The number of hydrogen-bond donors (Lipinski definition) is 0. The van der Waals surface area contributed by atoms with Crippen molar-refractivity contribution in [3.05, 3.63) is 48.5 Å². The standard InChI is InChI=1S/C12H10FNO2S/c1-17(15,16)11-5-2-9(3-6-11)10-4-7-12(13)14-8-10/h2-8H,1H3. The zero-order valence-corrected chi connectivity index (χ0v) is 9.91. The Balaban J connectivity index is 2.39. The molecule has 0 atom stereocenters. The van der Waals surface area contributed by atoms with Crippen LogP contribution >= 0.6 is 0 Å². The number of aromatic nitrogens is 1. The minimum Gasteiger partial charge on any atom is -0.228 e. The van der Waals surface area contributed by atoms with Crippen molar-refractivity contribution in [1.29, 1.82) is 0 Å². The highest BCUT2D eigenvalue weighted by Gasteiger charge is 2.06. The Labute approximate surface area is 98.9 Å². The highest BCUT2D eigenvalue weighted by Crippen LogP contribution is 2.20. The van der Waals surface area contributed by atoms with Crippen molar-refractivity contribution in [2.24, 2.45) is 0 Å². The molecule has 3 nitrogen and oxygen atoms in total. The van der Waals surface area contributed by atoms with Gasteiger partial charge in [0.2, 0.25) is 5.95 Å². The number of pyridine rings is 1. The zero-order valence-electron chi connectivity index (χ0n) is 9.09. The number of benzene rings is 1. The summed E-state index contributed by atoms with van der Waals surface area (Å²) in [5.74, 6) is -0.540. The molecule has 0 spiro atoms. The van der Waals surface area contributed by atoms with Crippen LogP contribution in [0.15, 0.2) is 47.5 Å². The maximum atomic E-state index is 12.6. The molecule has 1 aromatic carbocycles. The monoisotopic (exact) mass is 251 g/mol. The van der Waals surface area contributed by atoms with Gasteiger partial charge in [-0.15, -0.1) is 0 Å². The lowest BCUT2D eigenvalue weighted by Crippen LogP contribution is -1.96. The van der Waals surface area contributed by atoms with Gasteiger partial charge in [0, 0.05) is 18.0 Å². The summed E-state index contributed by atoms with van der Waals surface area (Å²) in [6, 6.07) is 9.25. The minimum absolute atomic E-state index is 0.260. The predicted octanol–water partition coefficient (Wildman–Crippen LogP) is 2.29. The molecular formula is C12H10FNO2S. The molecule has 0 N–H and O–H groups in total. The second-order valence-corrected chi connectivity index (χ2v) is 5.68. The van der Waals surface area contributed by atoms with Gasteiger partial charge >= 0.3 is 0 Å². The predicted molar refractivity (Wildman–Crippen MR) is 62.7 cm³/mol. The van der Waals surface area contributed by atoms with Crippen LogP contribution in [0.1, 0.15) is 0 Å². The van der Waals surface area contributed by atoms with E-state index in [1.54, 1.807) is 18.2 Å². The van der Waals surface area contributed by atoms with Gasteiger partial charge in [-0.1, -0.05) is 12.1 Å². The maximum absolute atomic E-state index is 12.6. The molecule has 88 valence electrons. The van der Waals surface area contributed by atoms with Crippen molar-refractivity contribution in [3.8, 4) is 11.1 Å². The molecule has 0 saturated carbocycles. The topological polar surface area (TPSA) is 47.0 Å². The molecule has 2 rings (SSSR count). The molecule has 0 fully saturated rings. The van der Waals surface area contributed by atoms with Crippen LogP contribution < -0.4 is 0 Å². The first-order valence-electron chi connectivity index (χ1n) is 4.89. The fraction of sp³-hybridized carbons (Fsp3) is 0.0833. The van der Waals surface area contributed by atoms with Crippen LogP contribution in [0.3, 0.4) is 0 Å². The third-order valence-electron chi connectivity index (χ3n) is 2.34. The van der Waals surface area contributed by atoms with E-state index < -0.39 is 15.8 Å². The lowest BCUT2D eigenvalue weighted by molar-refractivity contribution is 0.584. The number of sulfone groups is 1. The highest BCUT2D eigenvalue weighted by atomic mass is 32.2. The summed E-state index contributed by atoms with van der Waals surface area (Å²) in [5, 5.41) is 0. The van der Waals surface area contributed by atoms with Crippen LogP contribution in [-0.2, 0) is 9.84 Å². The van der Waals surface area contributed by atoms with Gasteiger partial charge in [-0.3, -0.25) is 0 Å². The average molecular weight is 251 g/mol. The lowest BCUT2D eigenvalue weighted by Gasteiger charge is -2.02. The number of nitrogens with zero attached hydrogens (tertiary/aromatic N) is 1. The Morgan fingerprint density at radius 3 is 2.06 bits per heavy atom. The molecule has 0 aliphatic rings. The molecule has 0 amide bonds. The Hall–Kier alpha value is -1.75. The van der Waals surface area contributed by atoms with Crippen molar-refractivity contribution < 1.29 is 12.8 Å². The smallest absolute Gasteiger partial charge is 0.212 e. The number of halogens is 1. The first-order valence-corrected chi connectivity index (χ1v) is 6.78. The van der Waals surface area contributed by atoms with E-state index in [0.29, 0.717) is 0 Å². The SMILES string of the molecule is CS(=O)(=O)c1ccc(-c2ccc(F)nc2)cc1. The second-order valence-electron chi connectivity index (χ2n) is 3.67. The summed E-state index contributed by atoms with van der Waals surface area (Å²) in [6.45, 7) is 0. The molecule has 2 aromatic rings. The minimum atomic E-state index is -3.18. The van der Waals surface area contributed by atoms with Gasteiger partial charge in [0.05, 0.1) is 4.90 Å². The van der Waals surface area contributed by atoms with Gasteiger partial charge < -0.3 is 0 Å². The summed E-state index contributed by atoms with van der Waals surface area (Å²) >= 11 is 0.